The van der Waals surface area contributed by atoms with Gasteiger partial charge in [0.1, 0.15) is 23.7 Å². The number of hydrogen-bond donors (Lipinski definition) is 1. The number of hydrogen-bond acceptors (Lipinski definition) is 8. The molecule has 0 aliphatic carbocycles. The van der Waals surface area contributed by atoms with E-state index in [1.54, 1.807) is 6.92 Å². The highest BCUT2D eigenvalue weighted by atomic mass is 35.5. The van der Waals surface area contributed by atoms with Crippen LogP contribution in [0.1, 0.15) is 16.1 Å². The molecule has 33 heavy (non-hydrogen) atoms. The molecule has 1 aromatic carbocycles. The third-order valence-electron chi connectivity index (χ3n) is 4.88. The fourth-order valence-electron chi connectivity index (χ4n) is 3.31. The first kappa shape index (κ1) is 23.8. The number of carbonyl (C=O) groups excluding carboxylic acids is 2. The van der Waals surface area contributed by atoms with E-state index in [2.05, 4.69) is 10.3 Å². The van der Waals surface area contributed by atoms with Crippen molar-refractivity contribution in [2.24, 2.45) is 7.05 Å². The van der Waals surface area contributed by atoms with Crippen LogP contribution < -0.4 is 26.0 Å². The van der Waals surface area contributed by atoms with Gasteiger partial charge in [0.25, 0.3) is 5.56 Å². The van der Waals surface area contributed by atoms with Crippen LogP contribution in [0, 0.1) is 6.92 Å². The number of halogens is 1. The molecule has 3 aromatic rings. The quantitative estimate of drug-likeness (QED) is 0.529. The van der Waals surface area contributed by atoms with Crippen molar-refractivity contribution >= 4 is 40.2 Å². The molecule has 0 fully saturated rings. The second kappa shape index (κ2) is 9.33. The molecule has 0 aliphatic rings. The number of methoxy groups -OCH3 is 3. The Hall–Kier alpha value is -3.86. The maximum atomic E-state index is 13.2. The van der Waals surface area contributed by atoms with Crippen molar-refractivity contribution in [2.75, 3.05) is 26.6 Å². The number of benzene rings is 1. The molecule has 2 aromatic heterocycles. The maximum absolute atomic E-state index is 13.2. The molecule has 0 spiro atoms. The van der Waals surface area contributed by atoms with Gasteiger partial charge in [0, 0.05) is 18.8 Å². The first-order valence-corrected chi connectivity index (χ1v) is 9.91. The Balaban J connectivity index is 2.09. The van der Waals surface area contributed by atoms with E-state index in [0.717, 1.165) is 4.57 Å². The number of ether oxygens (including phenoxy) is 3. The number of pyridine rings is 1. The molecule has 0 unspecified atom stereocenters. The van der Waals surface area contributed by atoms with Gasteiger partial charge in [0.15, 0.2) is 0 Å². The van der Waals surface area contributed by atoms with Gasteiger partial charge in [0.05, 0.1) is 43.0 Å². The Morgan fingerprint density at radius 1 is 1.09 bits per heavy atom. The van der Waals surface area contributed by atoms with Crippen molar-refractivity contribution in [3.05, 3.63) is 55.3 Å². The molecule has 0 radical (unpaired) electrons. The Morgan fingerprint density at radius 2 is 1.76 bits per heavy atom. The van der Waals surface area contributed by atoms with Crippen LogP contribution in [0.2, 0.25) is 5.02 Å². The van der Waals surface area contributed by atoms with E-state index >= 15 is 0 Å². The molecule has 0 saturated heterocycles. The van der Waals surface area contributed by atoms with Gasteiger partial charge in [-0.2, -0.15) is 0 Å². The summed E-state index contributed by atoms with van der Waals surface area (Å²) < 4.78 is 16.9. The molecule has 174 valence electrons. The van der Waals surface area contributed by atoms with Crippen molar-refractivity contribution in [3.8, 4) is 11.5 Å². The van der Waals surface area contributed by atoms with Crippen molar-refractivity contribution in [2.45, 2.75) is 13.5 Å². The number of nitrogens with zero attached hydrogens (tertiary/aromatic N) is 3. The van der Waals surface area contributed by atoms with Gasteiger partial charge in [-0.25, -0.2) is 14.6 Å². The van der Waals surface area contributed by atoms with Crippen LogP contribution in [0.3, 0.4) is 0 Å². The van der Waals surface area contributed by atoms with Crippen LogP contribution in [0.5, 0.6) is 11.5 Å². The lowest BCUT2D eigenvalue weighted by Crippen LogP contribution is -2.42. The predicted octanol–water partition coefficient (Wildman–Crippen LogP) is 1.50. The zero-order chi connectivity index (χ0) is 24.4. The van der Waals surface area contributed by atoms with Crippen molar-refractivity contribution < 1.29 is 23.8 Å². The minimum absolute atomic E-state index is 0.00524. The summed E-state index contributed by atoms with van der Waals surface area (Å²) in [6.45, 7) is 0.978. The van der Waals surface area contributed by atoms with E-state index in [1.807, 2.05) is 0 Å². The fourth-order valence-corrected chi connectivity index (χ4v) is 3.55. The second-order valence-electron chi connectivity index (χ2n) is 6.97. The Labute approximate surface area is 192 Å². The molecule has 0 aliphatic heterocycles. The summed E-state index contributed by atoms with van der Waals surface area (Å²) in [4.78, 5) is 55.2. The molecule has 0 atom stereocenters. The third-order valence-corrected chi connectivity index (χ3v) is 5.17. The molecule has 0 bridgehead atoms. The van der Waals surface area contributed by atoms with Crippen LogP contribution in [-0.4, -0.2) is 47.3 Å². The van der Waals surface area contributed by atoms with Crippen LogP contribution in [0.25, 0.3) is 11.0 Å². The highest BCUT2D eigenvalue weighted by Crippen LogP contribution is 2.35. The summed E-state index contributed by atoms with van der Waals surface area (Å²) in [6.07, 6.45) is 0. The van der Waals surface area contributed by atoms with Gasteiger partial charge in [-0.3, -0.25) is 18.7 Å². The lowest BCUT2D eigenvalue weighted by Gasteiger charge is -2.15. The lowest BCUT2D eigenvalue weighted by molar-refractivity contribution is -0.116. The molecule has 1 amide bonds. The van der Waals surface area contributed by atoms with E-state index in [-0.39, 0.29) is 33.1 Å². The van der Waals surface area contributed by atoms with E-state index < -0.39 is 29.7 Å². The van der Waals surface area contributed by atoms with E-state index in [9.17, 15) is 19.2 Å². The second-order valence-corrected chi connectivity index (χ2v) is 7.38. The van der Waals surface area contributed by atoms with Crippen LogP contribution >= 0.6 is 11.6 Å². The summed E-state index contributed by atoms with van der Waals surface area (Å²) >= 11 is 6.12. The van der Waals surface area contributed by atoms with Gasteiger partial charge in [-0.15, -0.1) is 0 Å². The zero-order valence-corrected chi connectivity index (χ0v) is 19.3. The van der Waals surface area contributed by atoms with Gasteiger partial charge in [-0.05, 0) is 19.1 Å². The Kier molecular flexibility index (Phi) is 6.73. The minimum Gasteiger partial charge on any atom is -0.495 e. The summed E-state index contributed by atoms with van der Waals surface area (Å²) in [6, 6.07) is 4.28. The first-order chi connectivity index (χ1) is 15.6. The smallest absolute Gasteiger partial charge is 0.338 e. The zero-order valence-electron chi connectivity index (χ0n) is 18.5. The van der Waals surface area contributed by atoms with Gasteiger partial charge >= 0.3 is 11.7 Å². The normalized spacial score (nSPS) is 10.7. The van der Waals surface area contributed by atoms with Crippen molar-refractivity contribution in [1.82, 2.24) is 14.1 Å². The van der Waals surface area contributed by atoms with Crippen molar-refractivity contribution in [3.63, 3.8) is 0 Å². The molecule has 1 N–H and O–H groups in total. The van der Waals surface area contributed by atoms with Crippen LogP contribution in [-0.2, 0) is 23.1 Å². The largest absolute Gasteiger partial charge is 0.495 e. The van der Waals surface area contributed by atoms with Gasteiger partial charge in [0.2, 0.25) is 5.91 Å². The number of aromatic nitrogens is 3. The van der Waals surface area contributed by atoms with Gasteiger partial charge < -0.3 is 19.5 Å². The molecule has 0 saturated carbocycles. The number of esters is 1. The molecular formula is C21H21ClN4O7. The predicted molar refractivity (Wildman–Crippen MR) is 121 cm³/mol. The highest BCUT2D eigenvalue weighted by molar-refractivity contribution is 6.32. The van der Waals surface area contributed by atoms with E-state index in [1.165, 1.54) is 46.6 Å². The molecule has 3 rings (SSSR count). The number of anilines is 1. The Morgan fingerprint density at radius 3 is 2.36 bits per heavy atom. The number of nitrogens with one attached hydrogen (secondary N) is 1. The average Bonchev–Trinajstić information content (AvgIpc) is 2.79. The van der Waals surface area contributed by atoms with Crippen LogP contribution in [0.4, 0.5) is 5.69 Å². The van der Waals surface area contributed by atoms with Gasteiger partial charge in [-0.1, -0.05) is 11.6 Å². The summed E-state index contributed by atoms with van der Waals surface area (Å²) in [5.41, 5.74) is -1.06. The third kappa shape index (κ3) is 4.40. The number of aryl methyl sites for hydroxylation is 2. The van der Waals surface area contributed by atoms with Crippen molar-refractivity contribution in [1.29, 1.82) is 0 Å². The topological polar surface area (TPSA) is 131 Å². The molecule has 11 nitrogen and oxygen atoms in total. The maximum Gasteiger partial charge on any atom is 0.338 e. The van der Waals surface area contributed by atoms with Crippen LogP contribution in [0.15, 0.2) is 27.8 Å². The standard InChI is InChI=1S/C21H21ClN4O7/c1-10-6-11(20(29)33-5)17-18(23-10)25(2)21(30)26(19(17)28)9-16(27)24-13-7-12(22)14(31-3)8-15(13)32-4/h6-8H,9H2,1-5H3,(H,24,27). The number of carbonyl (C=O) groups is 2. The number of amides is 1. The fraction of sp³-hybridized carbons (Fsp3) is 0.286. The summed E-state index contributed by atoms with van der Waals surface area (Å²) in [5.74, 6) is -0.872. The van der Waals surface area contributed by atoms with E-state index in [4.69, 9.17) is 25.8 Å². The molecule has 12 heteroatoms. The minimum atomic E-state index is -0.851. The summed E-state index contributed by atoms with van der Waals surface area (Å²) in [7, 11) is 5.38. The summed E-state index contributed by atoms with van der Waals surface area (Å²) in [5, 5.41) is 2.65. The molecular weight excluding hydrogens is 456 g/mol. The Bertz CT molecular complexity index is 1390. The average molecular weight is 477 g/mol. The lowest BCUT2D eigenvalue weighted by atomic mass is 10.1. The van der Waals surface area contributed by atoms with E-state index in [0.29, 0.717) is 16.0 Å². The first-order valence-electron chi connectivity index (χ1n) is 9.53. The highest BCUT2D eigenvalue weighted by Gasteiger charge is 2.22. The monoisotopic (exact) mass is 476 g/mol. The number of rotatable bonds is 6. The number of fused-ring (bicyclic) bond motifs is 1. The SMILES string of the molecule is COC(=O)c1cc(C)nc2c1c(=O)n(CC(=O)Nc1cc(Cl)c(OC)cc1OC)c(=O)n2C. The molecule has 2 heterocycles.